The largest absolute Gasteiger partial charge is 0.341 e. The van der Waals surface area contributed by atoms with Gasteiger partial charge in [-0.05, 0) is 24.8 Å². The molecule has 98 valence electrons. The summed E-state index contributed by atoms with van der Waals surface area (Å²) in [6.45, 7) is 10.00. The second kappa shape index (κ2) is 5.70. The minimum absolute atomic E-state index is 0.328. The van der Waals surface area contributed by atoms with Crippen LogP contribution in [0.3, 0.4) is 0 Å². The molecule has 0 N–H and O–H groups in total. The normalized spacial score (nSPS) is 30.8. The SMILES string of the molecule is CC(C)CN1CCC(CN2CC(Br)CC2=O)C1. The summed E-state index contributed by atoms with van der Waals surface area (Å²) in [5.74, 6) is 1.76. The maximum Gasteiger partial charge on any atom is 0.223 e. The average molecular weight is 303 g/mol. The lowest BCUT2D eigenvalue weighted by molar-refractivity contribution is -0.128. The zero-order valence-electron chi connectivity index (χ0n) is 10.9. The van der Waals surface area contributed by atoms with Crippen molar-refractivity contribution in [3.05, 3.63) is 0 Å². The Bertz CT molecular complexity index is 283. The Morgan fingerprint density at radius 3 is 2.76 bits per heavy atom. The van der Waals surface area contributed by atoms with E-state index in [0.29, 0.717) is 23.1 Å². The van der Waals surface area contributed by atoms with Gasteiger partial charge in [0, 0.05) is 37.4 Å². The monoisotopic (exact) mass is 302 g/mol. The molecule has 4 heteroatoms. The van der Waals surface area contributed by atoms with E-state index >= 15 is 0 Å². The van der Waals surface area contributed by atoms with Crippen LogP contribution in [0.4, 0.5) is 0 Å². The predicted molar refractivity (Wildman–Crippen MR) is 73.3 cm³/mol. The molecule has 2 aliphatic rings. The fourth-order valence-electron chi connectivity index (χ4n) is 2.96. The molecule has 0 aromatic rings. The lowest BCUT2D eigenvalue weighted by Gasteiger charge is -2.22. The molecule has 17 heavy (non-hydrogen) atoms. The fraction of sp³-hybridized carbons (Fsp3) is 0.923. The van der Waals surface area contributed by atoms with Gasteiger partial charge in [-0.3, -0.25) is 4.79 Å². The van der Waals surface area contributed by atoms with Gasteiger partial charge in [0.25, 0.3) is 0 Å². The first kappa shape index (κ1) is 13.3. The summed E-state index contributed by atoms with van der Waals surface area (Å²) in [4.78, 5) is 16.7. The Hall–Kier alpha value is -0.0900. The van der Waals surface area contributed by atoms with E-state index in [4.69, 9.17) is 0 Å². The van der Waals surface area contributed by atoms with Gasteiger partial charge in [-0.1, -0.05) is 29.8 Å². The average Bonchev–Trinajstić information content (AvgIpc) is 2.74. The molecule has 2 fully saturated rings. The van der Waals surface area contributed by atoms with E-state index in [1.807, 2.05) is 4.90 Å². The molecule has 0 spiro atoms. The van der Waals surface area contributed by atoms with Gasteiger partial charge in [0.2, 0.25) is 5.91 Å². The molecule has 2 aliphatic heterocycles. The molecule has 0 aliphatic carbocycles. The van der Waals surface area contributed by atoms with Crippen molar-refractivity contribution in [2.45, 2.75) is 31.5 Å². The van der Waals surface area contributed by atoms with Crippen molar-refractivity contribution in [3.63, 3.8) is 0 Å². The minimum atomic E-state index is 0.328. The van der Waals surface area contributed by atoms with Crippen molar-refractivity contribution in [3.8, 4) is 0 Å². The van der Waals surface area contributed by atoms with Gasteiger partial charge < -0.3 is 9.80 Å². The second-order valence-corrected chi connectivity index (χ2v) is 7.20. The van der Waals surface area contributed by atoms with Gasteiger partial charge >= 0.3 is 0 Å². The number of amides is 1. The molecule has 1 amide bonds. The molecule has 0 bridgehead atoms. The Morgan fingerprint density at radius 2 is 2.18 bits per heavy atom. The first-order chi connectivity index (χ1) is 8.04. The first-order valence-corrected chi connectivity index (χ1v) is 7.60. The fourth-order valence-corrected chi connectivity index (χ4v) is 3.58. The first-order valence-electron chi connectivity index (χ1n) is 6.68. The molecule has 2 heterocycles. The number of hydrogen-bond acceptors (Lipinski definition) is 2. The molecular weight excluding hydrogens is 280 g/mol. The summed E-state index contributed by atoms with van der Waals surface area (Å²) < 4.78 is 0. The van der Waals surface area contributed by atoms with Gasteiger partial charge in [0.1, 0.15) is 0 Å². The Labute approximate surface area is 113 Å². The molecular formula is C13H23BrN2O. The molecule has 2 rings (SSSR count). The highest BCUT2D eigenvalue weighted by molar-refractivity contribution is 9.09. The van der Waals surface area contributed by atoms with Gasteiger partial charge in [-0.25, -0.2) is 0 Å². The molecule has 2 saturated heterocycles. The molecule has 0 saturated carbocycles. The van der Waals surface area contributed by atoms with Crippen molar-refractivity contribution >= 4 is 21.8 Å². The number of carbonyl (C=O) groups excluding carboxylic acids is 1. The quantitative estimate of drug-likeness (QED) is 0.741. The maximum absolute atomic E-state index is 11.7. The highest BCUT2D eigenvalue weighted by Gasteiger charge is 2.31. The van der Waals surface area contributed by atoms with Crippen LogP contribution in [0.15, 0.2) is 0 Å². The number of nitrogens with zero attached hydrogens (tertiary/aromatic N) is 2. The summed E-state index contributed by atoms with van der Waals surface area (Å²) in [6, 6.07) is 0. The van der Waals surface area contributed by atoms with Crippen LogP contribution in [-0.4, -0.2) is 53.3 Å². The van der Waals surface area contributed by atoms with E-state index < -0.39 is 0 Å². The molecule has 3 nitrogen and oxygen atoms in total. The van der Waals surface area contributed by atoms with Gasteiger partial charge in [-0.15, -0.1) is 0 Å². The molecule has 0 radical (unpaired) electrons. The Morgan fingerprint density at radius 1 is 1.41 bits per heavy atom. The van der Waals surface area contributed by atoms with E-state index in [9.17, 15) is 4.79 Å². The third-order valence-electron chi connectivity index (χ3n) is 3.64. The maximum atomic E-state index is 11.7. The molecule has 0 aromatic heterocycles. The number of hydrogen-bond donors (Lipinski definition) is 0. The van der Waals surface area contributed by atoms with Crippen molar-refractivity contribution in [1.82, 2.24) is 9.80 Å². The van der Waals surface area contributed by atoms with Crippen molar-refractivity contribution in [1.29, 1.82) is 0 Å². The van der Waals surface area contributed by atoms with Crippen LogP contribution < -0.4 is 0 Å². The van der Waals surface area contributed by atoms with Crippen molar-refractivity contribution in [2.24, 2.45) is 11.8 Å². The van der Waals surface area contributed by atoms with Crippen molar-refractivity contribution < 1.29 is 4.79 Å². The molecule has 0 aromatic carbocycles. The van der Waals surface area contributed by atoms with Crippen LogP contribution in [0, 0.1) is 11.8 Å². The van der Waals surface area contributed by atoms with E-state index in [1.165, 1.54) is 26.1 Å². The number of alkyl halides is 1. The van der Waals surface area contributed by atoms with Crippen molar-refractivity contribution in [2.75, 3.05) is 32.7 Å². The summed E-state index contributed by atoms with van der Waals surface area (Å²) >= 11 is 3.54. The van der Waals surface area contributed by atoms with Crippen LogP contribution in [0.25, 0.3) is 0 Å². The summed E-state index contributed by atoms with van der Waals surface area (Å²) in [7, 11) is 0. The Kier molecular flexibility index (Phi) is 4.47. The lowest BCUT2D eigenvalue weighted by atomic mass is 10.1. The number of rotatable bonds is 4. The summed E-state index contributed by atoms with van der Waals surface area (Å²) in [5.41, 5.74) is 0. The third kappa shape index (κ3) is 3.68. The zero-order valence-corrected chi connectivity index (χ0v) is 12.4. The summed E-state index contributed by atoms with van der Waals surface area (Å²) in [5, 5.41) is 0. The standard InChI is InChI=1S/C13H23BrN2O/c1-10(2)6-15-4-3-11(7-15)8-16-9-12(14)5-13(16)17/h10-12H,3-9H2,1-2H3. The number of carbonyl (C=O) groups is 1. The predicted octanol–water partition coefficient (Wildman–Crippen LogP) is 1.96. The van der Waals surface area contributed by atoms with Gasteiger partial charge in [-0.2, -0.15) is 0 Å². The van der Waals surface area contributed by atoms with E-state index in [-0.39, 0.29) is 0 Å². The van der Waals surface area contributed by atoms with Crippen LogP contribution >= 0.6 is 15.9 Å². The molecule has 2 unspecified atom stereocenters. The van der Waals surface area contributed by atoms with Crippen LogP contribution in [-0.2, 0) is 4.79 Å². The van der Waals surface area contributed by atoms with E-state index in [0.717, 1.165) is 19.0 Å². The summed E-state index contributed by atoms with van der Waals surface area (Å²) in [6.07, 6.45) is 1.94. The van der Waals surface area contributed by atoms with Gasteiger partial charge in [0.05, 0.1) is 0 Å². The van der Waals surface area contributed by atoms with E-state index in [1.54, 1.807) is 0 Å². The third-order valence-corrected chi connectivity index (χ3v) is 4.25. The van der Waals surface area contributed by atoms with Gasteiger partial charge in [0.15, 0.2) is 0 Å². The number of halogens is 1. The van der Waals surface area contributed by atoms with Crippen LogP contribution in [0.2, 0.25) is 0 Å². The number of likely N-dealkylation sites (tertiary alicyclic amines) is 2. The zero-order chi connectivity index (χ0) is 12.4. The second-order valence-electron chi connectivity index (χ2n) is 5.91. The minimum Gasteiger partial charge on any atom is -0.341 e. The van der Waals surface area contributed by atoms with Crippen LogP contribution in [0.1, 0.15) is 26.7 Å². The topological polar surface area (TPSA) is 23.6 Å². The van der Waals surface area contributed by atoms with E-state index in [2.05, 4.69) is 34.7 Å². The highest BCUT2D eigenvalue weighted by atomic mass is 79.9. The Balaban J connectivity index is 1.76. The molecule has 2 atom stereocenters. The van der Waals surface area contributed by atoms with Crippen LogP contribution in [0.5, 0.6) is 0 Å². The smallest absolute Gasteiger partial charge is 0.223 e. The lowest BCUT2D eigenvalue weighted by Crippen LogP contribution is -2.33. The highest BCUT2D eigenvalue weighted by Crippen LogP contribution is 2.23.